The number of hydrogen-bond donors (Lipinski definition) is 3. The van der Waals surface area contributed by atoms with E-state index in [1.54, 1.807) is 19.2 Å². The third-order valence-corrected chi connectivity index (χ3v) is 2.45. The van der Waals surface area contributed by atoms with Crippen molar-refractivity contribution in [1.82, 2.24) is 10.6 Å². The molecule has 0 saturated carbocycles. The highest BCUT2D eigenvalue weighted by Crippen LogP contribution is 2.05. The number of nitrogens with zero attached hydrogens (tertiary/aromatic N) is 1. The molecule has 1 aromatic rings. The summed E-state index contributed by atoms with van der Waals surface area (Å²) in [6, 6.07) is 7.25. The fourth-order valence-electron chi connectivity index (χ4n) is 1.38. The van der Waals surface area contributed by atoms with E-state index in [-0.39, 0.29) is 5.91 Å². The summed E-state index contributed by atoms with van der Waals surface area (Å²) in [6.45, 7) is 6.77. The average Bonchev–Trinajstić information content (AvgIpc) is 2.42. The minimum absolute atomic E-state index is 0.0994. The third kappa shape index (κ3) is 5.25. The standard InChI is InChI=1S/C14H20N4O/c1-10(2)8-17-14(15)18-9-11-4-6-12(7-5-11)13(19)16-3/h4-7H,1,8-9H2,2-3H3,(H,16,19)(H3,15,17,18). The molecule has 0 bridgehead atoms. The van der Waals surface area contributed by atoms with Crippen molar-refractivity contribution in [3.8, 4) is 0 Å². The van der Waals surface area contributed by atoms with Crippen LogP contribution in [0.4, 0.5) is 0 Å². The van der Waals surface area contributed by atoms with Gasteiger partial charge in [0.05, 0.1) is 6.54 Å². The molecule has 5 heteroatoms. The number of guanidine groups is 1. The summed E-state index contributed by atoms with van der Waals surface area (Å²) in [7, 11) is 1.61. The lowest BCUT2D eigenvalue weighted by Crippen LogP contribution is -2.32. The highest BCUT2D eigenvalue weighted by Gasteiger charge is 2.01. The monoisotopic (exact) mass is 260 g/mol. The van der Waals surface area contributed by atoms with Crippen LogP contribution in [-0.2, 0) is 6.54 Å². The molecule has 4 N–H and O–H groups in total. The van der Waals surface area contributed by atoms with Gasteiger partial charge in [-0.2, -0.15) is 0 Å². The molecule has 19 heavy (non-hydrogen) atoms. The van der Waals surface area contributed by atoms with E-state index in [0.29, 0.717) is 24.6 Å². The van der Waals surface area contributed by atoms with E-state index in [9.17, 15) is 4.79 Å². The Bertz CT molecular complexity index is 477. The van der Waals surface area contributed by atoms with Crippen molar-refractivity contribution >= 4 is 11.9 Å². The predicted octanol–water partition coefficient (Wildman–Crippen LogP) is 1.03. The molecule has 1 aromatic carbocycles. The molecule has 5 nitrogen and oxygen atoms in total. The van der Waals surface area contributed by atoms with Crippen molar-refractivity contribution in [3.63, 3.8) is 0 Å². The number of nitrogens with two attached hydrogens (primary N) is 1. The number of hydrogen-bond acceptors (Lipinski definition) is 2. The maximum Gasteiger partial charge on any atom is 0.251 e. The van der Waals surface area contributed by atoms with E-state index in [2.05, 4.69) is 22.2 Å². The Hall–Kier alpha value is -2.30. The topological polar surface area (TPSA) is 79.5 Å². The van der Waals surface area contributed by atoms with Crippen LogP contribution in [0, 0.1) is 0 Å². The van der Waals surface area contributed by atoms with Crippen molar-refractivity contribution < 1.29 is 4.79 Å². The van der Waals surface area contributed by atoms with Gasteiger partial charge in [-0.05, 0) is 24.6 Å². The van der Waals surface area contributed by atoms with E-state index in [4.69, 9.17) is 5.73 Å². The first-order valence-electron chi connectivity index (χ1n) is 6.02. The Kier molecular flexibility index (Phi) is 5.60. The second-order valence-electron chi connectivity index (χ2n) is 4.29. The van der Waals surface area contributed by atoms with Gasteiger partial charge in [0, 0.05) is 19.2 Å². The molecule has 102 valence electrons. The van der Waals surface area contributed by atoms with Crippen LogP contribution in [-0.4, -0.2) is 25.5 Å². The molecular formula is C14H20N4O. The number of aliphatic imine (C=N–C) groups is 1. The summed E-state index contributed by atoms with van der Waals surface area (Å²) in [5.74, 6) is 0.288. The van der Waals surface area contributed by atoms with Gasteiger partial charge in [-0.15, -0.1) is 0 Å². The normalized spacial score (nSPS) is 10.9. The second kappa shape index (κ2) is 7.20. The largest absolute Gasteiger partial charge is 0.370 e. The van der Waals surface area contributed by atoms with Gasteiger partial charge in [0.2, 0.25) is 0 Å². The van der Waals surface area contributed by atoms with Crippen LogP contribution < -0.4 is 16.4 Å². The van der Waals surface area contributed by atoms with E-state index in [1.807, 2.05) is 19.1 Å². The summed E-state index contributed by atoms with van der Waals surface area (Å²) >= 11 is 0. The maximum absolute atomic E-state index is 11.4. The van der Waals surface area contributed by atoms with Crippen LogP contribution in [0.25, 0.3) is 0 Å². The molecule has 0 saturated heterocycles. The summed E-state index contributed by atoms with van der Waals surface area (Å²) in [5.41, 5.74) is 8.32. The van der Waals surface area contributed by atoms with Gasteiger partial charge < -0.3 is 16.4 Å². The number of amides is 1. The number of carbonyl (C=O) groups excluding carboxylic acids is 1. The number of nitrogens with one attached hydrogen (secondary N) is 2. The smallest absolute Gasteiger partial charge is 0.251 e. The quantitative estimate of drug-likeness (QED) is 0.420. The maximum atomic E-state index is 11.4. The molecule has 0 aliphatic rings. The lowest BCUT2D eigenvalue weighted by atomic mass is 10.1. The lowest BCUT2D eigenvalue weighted by molar-refractivity contribution is 0.0963. The molecule has 0 aliphatic heterocycles. The Labute approximate surface area is 113 Å². The van der Waals surface area contributed by atoms with Crippen molar-refractivity contribution in [1.29, 1.82) is 0 Å². The van der Waals surface area contributed by atoms with Gasteiger partial charge in [-0.1, -0.05) is 24.3 Å². The summed E-state index contributed by atoms with van der Waals surface area (Å²) in [6.07, 6.45) is 0. The molecule has 1 rings (SSSR count). The van der Waals surface area contributed by atoms with E-state index in [1.165, 1.54) is 0 Å². The SMILES string of the molecule is C=C(C)CNC(N)=NCc1ccc(C(=O)NC)cc1. The van der Waals surface area contributed by atoms with Crippen molar-refractivity contribution in [2.75, 3.05) is 13.6 Å². The molecule has 1 amide bonds. The van der Waals surface area contributed by atoms with Gasteiger partial charge in [-0.3, -0.25) is 4.79 Å². The fraction of sp³-hybridized carbons (Fsp3) is 0.286. The van der Waals surface area contributed by atoms with Crippen LogP contribution in [0.1, 0.15) is 22.8 Å². The zero-order chi connectivity index (χ0) is 14.3. The van der Waals surface area contributed by atoms with Crippen LogP contribution in [0.5, 0.6) is 0 Å². The van der Waals surface area contributed by atoms with Crippen LogP contribution in [0.15, 0.2) is 41.4 Å². The van der Waals surface area contributed by atoms with Crippen LogP contribution in [0.3, 0.4) is 0 Å². The van der Waals surface area contributed by atoms with Gasteiger partial charge in [0.15, 0.2) is 5.96 Å². The lowest BCUT2D eigenvalue weighted by Gasteiger charge is -2.05. The molecule has 0 aliphatic carbocycles. The van der Waals surface area contributed by atoms with Crippen LogP contribution in [0.2, 0.25) is 0 Å². The molecule has 0 radical (unpaired) electrons. The summed E-state index contributed by atoms with van der Waals surface area (Å²) in [5, 5.41) is 5.53. The molecule has 0 unspecified atom stereocenters. The van der Waals surface area contributed by atoms with Crippen molar-refractivity contribution in [3.05, 3.63) is 47.5 Å². The van der Waals surface area contributed by atoms with Crippen molar-refractivity contribution in [2.45, 2.75) is 13.5 Å². The average molecular weight is 260 g/mol. The molecule has 0 fully saturated rings. The number of carbonyl (C=O) groups is 1. The summed E-state index contributed by atoms with van der Waals surface area (Å²) < 4.78 is 0. The molecule has 0 aromatic heterocycles. The van der Waals surface area contributed by atoms with E-state index in [0.717, 1.165) is 11.1 Å². The van der Waals surface area contributed by atoms with Gasteiger partial charge in [-0.25, -0.2) is 4.99 Å². The van der Waals surface area contributed by atoms with Crippen LogP contribution >= 0.6 is 0 Å². The Morgan fingerprint density at radius 2 is 2.00 bits per heavy atom. The molecule has 0 spiro atoms. The van der Waals surface area contributed by atoms with Gasteiger partial charge >= 0.3 is 0 Å². The third-order valence-electron chi connectivity index (χ3n) is 2.45. The minimum atomic E-state index is -0.0994. The van der Waals surface area contributed by atoms with Gasteiger partial charge in [0.1, 0.15) is 0 Å². The first-order chi connectivity index (χ1) is 9.02. The first-order valence-corrected chi connectivity index (χ1v) is 6.02. The van der Waals surface area contributed by atoms with E-state index >= 15 is 0 Å². The summed E-state index contributed by atoms with van der Waals surface area (Å²) in [4.78, 5) is 15.6. The second-order valence-corrected chi connectivity index (χ2v) is 4.29. The highest BCUT2D eigenvalue weighted by atomic mass is 16.1. The Morgan fingerprint density at radius 3 is 2.53 bits per heavy atom. The highest BCUT2D eigenvalue weighted by molar-refractivity contribution is 5.93. The van der Waals surface area contributed by atoms with E-state index < -0.39 is 0 Å². The zero-order valence-corrected chi connectivity index (χ0v) is 11.4. The Balaban J connectivity index is 2.56. The number of rotatable bonds is 5. The first kappa shape index (κ1) is 14.8. The molecule has 0 heterocycles. The van der Waals surface area contributed by atoms with Crippen molar-refractivity contribution in [2.24, 2.45) is 10.7 Å². The van der Waals surface area contributed by atoms with Gasteiger partial charge in [0.25, 0.3) is 5.91 Å². The predicted molar refractivity (Wildman–Crippen MR) is 78.0 cm³/mol. The fourth-order valence-corrected chi connectivity index (χ4v) is 1.38. The number of benzene rings is 1. The minimum Gasteiger partial charge on any atom is -0.370 e. The zero-order valence-electron chi connectivity index (χ0n) is 11.4. The molecular weight excluding hydrogens is 240 g/mol. The Morgan fingerprint density at radius 1 is 1.37 bits per heavy atom. The molecule has 0 atom stereocenters.